The molecule has 0 amide bonds. The monoisotopic (exact) mass is 336 g/mol. The molecule has 0 fully saturated rings. The lowest BCUT2D eigenvalue weighted by atomic mass is 10.1. The molecule has 4 aromatic rings. The van der Waals surface area contributed by atoms with E-state index in [1.165, 1.54) is 30.5 Å². The zero-order valence-electron chi connectivity index (χ0n) is 13.1. The number of hydrogen-bond acceptors (Lipinski definition) is 6. The molecule has 0 spiro atoms. The van der Waals surface area contributed by atoms with E-state index >= 15 is 0 Å². The Bertz CT molecular complexity index is 1230. The molecule has 2 aromatic heterocycles. The highest BCUT2D eigenvalue weighted by Gasteiger charge is 2.11. The van der Waals surface area contributed by atoms with Gasteiger partial charge in [-0.05, 0) is 36.8 Å². The Morgan fingerprint density at radius 2 is 1.76 bits per heavy atom. The van der Waals surface area contributed by atoms with Crippen LogP contribution in [-0.4, -0.2) is 5.11 Å². The first-order valence-electron chi connectivity index (χ1n) is 7.48. The summed E-state index contributed by atoms with van der Waals surface area (Å²) >= 11 is 0. The van der Waals surface area contributed by atoms with Gasteiger partial charge in [0.2, 0.25) is 11.2 Å². The summed E-state index contributed by atoms with van der Waals surface area (Å²) < 4.78 is 16.1. The number of fused-ring (bicyclic) bond motifs is 2. The van der Waals surface area contributed by atoms with Crippen molar-refractivity contribution >= 4 is 21.9 Å². The smallest absolute Gasteiger partial charge is 0.336 e. The molecule has 4 rings (SSSR count). The van der Waals surface area contributed by atoms with Crippen LogP contribution in [-0.2, 0) is 0 Å². The average Bonchev–Trinajstić information content (AvgIpc) is 2.57. The number of hydrogen-bond donors (Lipinski definition) is 1. The summed E-state index contributed by atoms with van der Waals surface area (Å²) in [4.78, 5) is 24.0. The lowest BCUT2D eigenvalue weighted by Crippen LogP contribution is -2.05. The predicted molar refractivity (Wildman–Crippen MR) is 91.4 cm³/mol. The van der Waals surface area contributed by atoms with Crippen molar-refractivity contribution in [2.75, 3.05) is 0 Å². The largest absolute Gasteiger partial charge is 0.508 e. The van der Waals surface area contributed by atoms with Gasteiger partial charge in [-0.1, -0.05) is 0 Å². The molecule has 2 aromatic carbocycles. The third-order valence-corrected chi connectivity index (χ3v) is 3.88. The highest BCUT2D eigenvalue weighted by atomic mass is 16.5. The second-order valence-electron chi connectivity index (χ2n) is 5.62. The van der Waals surface area contributed by atoms with Gasteiger partial charge >= 0.3 is 5.63 Å². The van der Waals surface area contributed by atoms with Crippen LogP contribution in [0.5, 0.6) is 17.2 Å². The highest BCUT2D eigenvalue weighted by molar-refractivity contribution is 5.81. The minimum atomic E-state index is -0.452. The van der Waals surface area contributed by atoms with Gasteiger partial charge in [-0.2, -0.15) is 0 Å². The van der Waals surface area contributed by atoms with E-state index in [0.29, 0.717) is 16.7 Å². The molecule has 0 saturated carbocycles. The molecule has 1 N–H and O–H groups in total. The van der Waals surface area contributed by atoms with E-state index in [2.05, 4.69) is 0 Å². The Balaban J connectivity index is 1.80. The zero-order valence-corrected chi connectivity index (χ0v) is 13.1. The summed E-state index contributed by atoms with van der Waals surface area (Å²) in [6, 6.07) is 10.6. The molecule has 124 valence electrons. The van der Waals surface area contributed by atoms with Gasteiger partial charge in [0.25, 0.3) is 0 Å². The average molecular weight is 336 g/mol. The highest BCUT2D eigenvalue weighted by Crippen LogP contribution is 2.27. The SMILES string of the molecule is Cc1cc(=O)oc2cc(Oc3coc4cc(O)ccc4c3=O)ccc12. The number of rotatable bonds is 2. The second kappa shape index (κ2) is 5.52. The van der Waals surface area contributed by atoms with Gasteiger partial charge in [0.15, 0.2) is 0 Å². The van der Waals surface area contributed by atoms with Crippen LogP contribution in [0, 0.1) is 6.92 Å². The van der Waals surface area contributed by atoms with Crippen LogP contribution in [0.1, 0.15) is 5.56 Å². The fourth-order valence-corrected chi connectivity index (χ4v) is 2.67. The number of aromatic hydroxyl groups is 1. The predicted octanol–water partition coefficient (Wildman–Crippen LogP) is 3.71. The van der Waals surface area contributed by atoms with Crippen LogP contribution in [0.2, 0.25) is 0 Å². The minimum absolute atomic E-state index is 0.00393. The normalized spacial score (nSPS) is 11.1. The topological polar surface area (TPSA) is 89.9 Å². The van der Waals surface area contributed by atoms with Crippen molar-refractivity contribution < 1.29 is 18.7 Å². The van der Waals surface area contributed by atoms with Gasteiger partial charge in [0, 0.05) is 23.6 Å². The third-order valence-electron chi connectivity index (χ3n) is 3.88. The van der Waals surface area contributed by atoms with Gasteiger partial charge in [0.1, 0.15) is 28.9 Å². The van der Waals surface area contributed by atoms with Crippen molar-refractivity contribution in [1.82, 2.24) is 0 Å². The van der Waals surface area contributed by atoms with Gasteiger partial charge in [0.05, 0.1) is 5.39 Å². The van der Waals surface area contributed by atoms with Crippen molar-refractivity contribution in [3.63, 3.8) is 0 Å². The molecular weight excluding hydrogens is 324 g/mol. The summed E-state index contributed by atoms with van der Waals surface area (Å²) in [6.45, 7) is 1.81. The van der Waals surface area contributed by atoms with Crippen LogP contribution >= 0.6 is 0 Å². The van der Waals surface area contributed by atoms with Crippen molar-refractivity contribution in [3.05, 3.63) is 74.9 Å². The standard InChI is InChI=1S/C19H12O6/c1-10-6-18(21)25-16-8-12(3-5-13(10)16)24-17-9-23-15-7-11(20)2-4-14(15)19(17)22/h2-9,20H,1H3. The van der Waals surface area contributed by atoms with E-state index in [-0.39, 0.29) is 22.5 Å². The Labute approximate surface area is 140 Å². The third kappa shape index (κ3) is 2.63. The Hall–Kier alpha value is -3.54. The Kier molecular flexibility index (Phi) is 3.32. The lowest BCUT2D eigenvalue weighted by molar-refractivity contribution is 0.448. The van der Waals surface area contributed by atoms with E-state index in [4.69, 9.17) is 13.6 Å². The summed E-state index contributed by atoms with van der Waals surface area (Å²) in [5.74, 6) is 0.337. The van der Waals surface area contributed by atoms with E-state index in [0.717, 1.165) is 10.9 Å². The fourth-order valence-electron chi connectivity index (χ4n) is 2.67. The summed E-state index contributed by atoms with van der Waals surface area (Å²) in [7, 11) is 0. The van der Waals surface area contributed by atoms with E-state index < -0.39 is 5.63 Å². The van der Waals surface area contributed by atoms with Crippen molar-refractivity contribution in [2.24, 2.45) is 0 Å². The van der Waals surface area contributed by atoms with Crippen molar-refractivity contribution in [2.45, 2.75) is 6.92 Å². The fraction of sp³-hybridized carbons (Fsp3) is 0.0526. The maximum Gasteiger partial charge on any atom is 0.336 e. The number of benzene rings is 2. The summed E-state index contributed by atoms with van der Waals surface area (Å²) in [5, 5.41) is 10.5. The second-order valence-corrected chi connectivity index (χ2v) is 5.62. The van der Waals surface area contributed by atoms with Crippen LogP contribution in [0.3, 0.4) is 0 Å². The first-order chi connectivity index (χ1) is 12.0. The zero-order chi connectivity index (χ0) is 17.6. The van der Waals surface area contributed by atoms with Gasteiger partial charge < -0.3 is 18.7 Å². The maximum atomic E-state index is 12.5. The first-order valence-corrected chi connectivity index (χ1v) is 7.48. The van der Waals surface area contributed by atoms with Crippen LogP contribution < -0.4 is 15.8 Å². The molecule has 0 unspecified atom stereocenters. The van der Waals surface area contributed by atoms with Gasteiger partial charge in [-0.25, -0.2) is 4.79 Å². The molecule has 6 heteroatoms. The van der Waals surface area contributed by atoms with Crippen molar-refractivity contribution in [3.8, 4) is 17.2 Å². The van der Waals surface area contributed by atoms with Crippen LogP contribution in [0.25, 0.3) is 21.9 Å². The van der Waals surface area contributed by atoms with E-state index in [9.17, 15) is 14.7 Å². The maximum absolute atomic E-state index is 12.5. The summed E-state index contributed by atoms with van der Waals surface area (Å²) in [5.41, 5.74) is 0.608. The quantitative estimate of drug-likeness (QED) is 0.561. The Morgan fingerprint density at radius 1 is 0.960 bits per heavy atom. The summed E-state index contributed by atoms with van der Waals surface area (Å²) in [6.07, 6.45) is 1.18. The molecule has 0 aliphatic carbocycles. The molecule has 25 heavy (non-hydrogen) atoms. The van der Waals surface area contributed by atoms with Gasteiger partial charge in [-0.15, -0.1) is 0 Å². The molecule has 2 heterocycles. The van der Waals surface area contributed by atoms with E-state index in [1.54, 1.807) is 18.2 Å². The first kappa shape index (κ1) is 15.0. The molecule has 0 atom stereocenters. The molecular formula is C19H12O6. The van der Waals surface area contributed by atoms with Gasteiger partial charge in [-0.3, -0.25) is 4.79 Å². The molecule has 0 aliphatic heterocycles. The Morgan fingerprint density at radius 3 is 2.60 bits per heavy atom. The number of phenolic OH excluding ortho intramolecular Hbond substituents is 1. The molecule has 6 nitrogen and oxygen atoms in total. The number of phenols is 1. The minimum Gasteiger partial charge on any atom is -0.508 e. The van der Waals surface area contributed by atoms with Crippen LogP contribution in [0.15, 0.2) is 67.2 Å². The molecule has 0 radical (unpaired) electrons. The number of aryl methyl sites for hydroxylation is 1. The molecule has 0 bridgehead atoms. The molecule has 0 saturated heterocycles. The molecule has 0 aliphatic rings. The van der Waals surface area contributed by atoms with E-state index in [1.807, 2.05) is 6.92 Å². The number of ether oxygens (including phenoxy) is 1. The lowest BCUT2D eigenvalue weighted by Gasteiger charge is -2.07. The van der Waals surface area contributed by atoms with Crippen molar-refractivity contribution in [1.29, 1.82) is 0 Å². The van der Waals surface area contributed by atoms with Crippen LogP contribution in [0.4, 0.5) is 0 Å².